The van der Waals surface area contributed by atoms with Crippen molar-refractivity contribution in [3.63, 3.8) is 0 Å². The number of esters is 1. The Hall–Kier alpha value is -0.313. The molecule has 2 nitrogen and oxygen atoms in total. The lowest BCUT2D eigenvalue weighted by molar-refractivity contribution is -0.140. The Balaban J connectivity index is 4.08. The number of ether oxygens (including phenoxy) is 1. The molecule has 1 atom stereocenters. The molecule has 0 bridgehead atoms. The minimum absolute atomic E-state index is 0.0702. The van der Waals surface area contributed by atoms with Crippen LogP contribution in [0.15, 0.2) is 0 Å². The summed E-state index contributed by atoms with van der Waals surface area (Å²) >= 11 is 0. The van der Waals surface area contributed by atoms with Gasteiger partial charge in [0.15, 0.2) is 0 Å². The molecule has 10 heavy (non-hydrogen) atoms. The molecule has 0 aliphatic rings. The van der Waals surface area contributed by atoms with Crippen molar-refractivity contribution in [2.24, 2.45) is 0 Å². The Kier molecular flexibility index (Phi) is 3.09. The van der Waals surface area contributed by atoms with Crippen molar-refractivity contribution in [2.45, 2.75) is 32.1 Å². The average Bonchev–Trinajstić information content (AvgIpc) is 1.83. The van der Waals surface area contributed by atoms with Crippen molar-refractivity contribution in [1.82, 2.24) is 0 Å². The topological polar surface area (TPSA) is 26.3 Å². The predicted octanol–water partition coefficient (Wildman–Crippen LogP) is 1.89. The van der Waals surface area contributed by atoms with Crippen molar-refractivity contribution >= 4 is 14.0 Å². The summed E-state index contributed by atoms with van der Waals surface area (Å²) in [6.07, 6.45) is 0. The first-order valence-corrected chi connectivity index (χ1v) is 7.05. The summed E-state index contributed by atoms with van der Waals surface area (Å²) in [7, 11) is 0.124. The number of hydrogen-bond donors (Lipinski definition) is 0. The van der Waals surface area contributed by atoms with Crippen molar-refractivity contribution < 1.29 is 9.53 Å². The zero-order valence-electron chi connectivity index (χ0n) is 7.39. The van der Waals surface area contributed by atoms with Crippen LogP contribution in [0.1, 0.15) is 6.92 Å². The fourth-order valence-corrected chi connectivity index (χ4v) is 1.36. The van der Waals surface area contributed by atoms with Crippen LogP contribution in [-0.4, -0.2) is 21.2 Å². The van der Waals surface area contributed by atoms with E-state index in [-0.39, 0.29) is 11.5 Å². The molecule has 0 saturated carbocycles. The summed E-state index contributed by atoms with van der Waals surface area (Å²) in [6, 6.07) is 0. The Bertz CT molecular complexity index is 126. The molecule has 0 aromatic rings. The second kappa shape index (κ2) is 3.19. The first-order valence-electron chi connectivity index (χ1n) is 3.47. The van der Waals surface area contributed by atoms with E-state index in [2.05, 4.69) is 24.4 Å². The second-order valence-electron chi connectivity index (χ2n) is 3.61. The third-order valence-corrected chi connectivity index (χ3v) is 4.69. The molecule has 0 aliphatic heterocycles. The lowest BCUT2D eigenvalue weighted by Crippen LogP contribution is -2.32. The van der Waals surface area contributed by atoms with Crippen LogP contribution in [0.3, 0.4) is 0 Å². The molecule has 0 spiro atoms. The molecule has 0 radical (unpaired) electrons. The largest absolute Gasteiger partial charge is 0.469 e. The summed E-state index contributed by atoms with van der Waals surface area (Å²) in [4.78, 5) is 11.0. The van der Waals surface area contributed by atoms with Gasteiger partial charge in [0.1, 0.15) is 0 Å². The van der Waals surface area contributed by atoms with E-state index in [4.69, 9.17) is 0 Å². The van der Waals surface area contributed by atoms with E-state index in [1.165, 1.54) is 7.11 Å². The van der Waals surface area contributed by atoms with Gasteiger partial charge in [-0.15, -0.1) is 0 Å². The lowest BCUT2D eigenvalue weighted by atomic mass is 10.5. The SMILES string of the molecule is COC(=O)[C@H](C)[Si](C)(C)C. The molecule has 0 fully saturated rings. The van der Waals surface area contributed by atoms with Gasteiger partial charge in [0.2, 0.25) is 0 Å². The van der Waals surface area contributed by atoms with E-state index in [0.29, 0.717) is 0 Å². The van der Waals surface area contributed by atoms with Crippen LogP contribution in [-0.2, 0) is 9.53 Å². The molecule has 0 N–H and O–H groups in total. The summed E-state index contributed by atoms with van der Waals surface area (Å²) in [6.45, 7) is 8.43. The number of methoxy groups -OCH3 is 1. The van der Waals surface area contributed by atoms with Crippen LogP contribution in [0.2, 0.25) is 25.2 Å². The molecule has 0 unspecified atom stereocenters. The van der Waals surface area contributed by atoms with Crippen molar-refractivity contribution in [1.29, 1.82) is 0 Å². The summed E-state index contributed by atoms with van der Waals surface area (Å²) in [5.74, 6) is -0.0702. The van der Waals surface area contributed by atoms with E-state index in [1.807, 2.05) is 6.92 Å². The number of rotatable bonds is 2. The van der Waals surface area contributed by atoms with Crippen molar-refractivity contribution in [2.75, 3.05) is 7.11 Å². The highest BCUT2D eigenvalue weighted by Crippen LogP contribution is 2.21. The van der Waals surface area contributed by atoms with E-state index >= 15 is 0 Å². The Morgan fingerprint density at radius 3 is 1.90 bits per heavy atom. The van der Waals surface area contributed by atoms with Gasteiger partial charge < -0.3 is 4.74 Å². The van der Waals surface area contributed by atoms with Crippen LogP contribution in [0, 0.1) is 0 Å². The van der Waals surface area contributed by atoms with E-state index in [0.717, 1.165) is 0 Å². The molecular formula is C7H16O2Si. The third kappa shape index (κ3) is 2.52. The van der Waals surface area contributed by atoms with Crippen LogP contribution >= 0.6 is 0 Å². The highest BCUT2D eigenvalue weighted by atomic mass is 28.3. The fourth-order valence-electron chi connectivity index (χ4n) is 0.530. The zero-order chi connectivity index (χ0) is 8.36. The maximum atomic E-state index is 11.0. The average molecular weight is 160 g/mol. The highest BCUT2D eigenvalue weighted by molar-refractivity contribution is 6.80. The van der Waals surface area contributed by atoms with E-state index in [1.54, 1.807) is 0 Å². The molecular weight excluding hydrogens is 144 g/mol. The van der Waals surface area contributed by atoms with Crippen LogP contribution < -0.4 is 0 Å². The van der Waals surface area contributed by atoms with Gasteiger partial charge in [0.05, 0.1) is 15.2 Å². The Morgan fingerprint density at radius 1 is 1.40 bits per heavy atom. The van der Waals surface area contributed by atoms with Gasteiger partial charge in [-0.25, -0.2) is 0 Å². The first-order chi connectivity index (χ1) is 4.39. The quantitative estimate of drug-likeness (QED) is 0.455. The third-order valence-electron chi connectivity index (χ3n) is 1.85. The molecule has 0 saturated heterocycles. The standard InChI is InChI=1S/C7H16O2Si/c1-6(7(8)9-2)10(3,4)5/h6H,1-5H3/t6-/m0/s1. The minimum Gasteiger partial charge on any atom is -0.469 e. The molecule has 60 valence electrons. The first kappa shape index (κ1) is 9.69. The molecule has 0 heterocycles. The summed E-state index contributed by atoms with van der Waals surface area (Å²) in [5.41, 5.74) is 0.109. The zero-order valence-corrected chi connectivity index (χ0v) is 8.39. The molecule has 0 aromatic carbocycles. The minimum atomic E-state index is -1.32. The van der Waals surface area contributed by atoms with Crippen molar-refractivity contribution in [3.8, 4) is 0 Å². The summed E-state index contributed by atoms with van der Waals surface area (Å²) in [5, 5.41) is 0. The van der Waals surface area contributed by atoms with E-state index < -0.39 is 8.07 Å². The Morgan fingerprint density at radius 2 is 1.80 bits per heavy atom. The smallest absolute Gasteiger partial charge is 0.305 e. The van der Waals surface area contributed by atoms with Gasteiger partial charge in [-0.05, 0) is 0 Å². The van der Waals surface area contributed by atoms with Gasteiger partial charge in [0.25, 0.3) is 0 Å². The predicted molar refractivity (Wildman–Crippen MR) is 44.8 cm³/mol. The lowest BCUT2D eigenvalue weighted by Gasteiger charge is -2.21. The van der Waals surface area contributed by atoms with Gasteiger partial charge in [-0.2, -0.15) is 0 Å². The van der Waals surface area contributed by atoms with Gasteiger partial charge in [0, 0.05) is 5.54 Å². The molecule has 0 rings (SSSR count). The number of hydrogen-bond acceptors (Lipinski definition) is 2. The molecule has 0 aliphatic carbocycles. The van der Waals surface area contributed by atoms with Crippen LogP contribution in [0.5, 0.6) is 0 Å². The molecule has 0 amide bonds. The summed E-state index contributed by atoms with van der Waals surface area (Å²) < 4.78 is 4.63. The van der Waals surface area contributed by atoms with Gasteiger partial charge >= 0.3 is 5.97 Å². The van der Waals surface area contributed by atoms with Gasteiger partial charge in [-0.3, -0.25) is 4.79 Å². The molecule has 3 heteroatoms. The van der Waals surface area contributed by atoms with Crippen LogP contribution in [0.25, 0.3) is 0 Å². The maximum absolute atomic E-state index is 11.0. The number of carbonyl (C=O) groups is 1. The van der Waals surface area contributed by atoms with E-state index in [9.17, 15) is 4.79 Å². The normalized spacial score (nSPS) is 14.5. The monoisotopic (exact) mass is 160 g/mol. The maximum Gasteiger partial charge on any atom is 0.305 e. The molecule has 0 aromatic heterocycles. The Labute approximate surface area is 63.6 Å². The van der Waals surface area contributed by atoms with Crippen LogP contribution in [0.4, 0.5) is 0 Å². The number of carbonyl (C=O) groups excluding carboxylic acids is 1. The van der Waals surface area contributed by atoms with Crippen molar-refractivity contribution in [3.05, 3.63) is 0 Å². The van der Waals surface area contributed by atoms with Gasteiger partial charge in [-0.1, -0.05) is 26.6 Å². The fraction of sp³-hybridized carbons (Fsp3) is 0.857. The highest BCUT2D eigenvalue weighted by Gasteiger charge is 2.28. The second-order valence-corrected chi connectivity index (χ2v) is 9.21.